The van der Waals surface area contributed by atoms with Crippen LogP contribution in [0.3, 0.4) is 0 Å². The van der Waals surface area contributed by atoms with E-state index in [1.807, 2.05) is 34.6 Å². The minimum absolute atomic E-state index is 0.0351. The van der Waals surface area contributed by atoms with Crippen LogP contribution in [0.5, 0.6) is 0 Å². The van der Waals surface area contributed by atoms with E-state index in [1.165, 1.54) is 0 Å². The Labute approximate surface area is 128 Å². The molecule has 122 valence electrons. The minimum Gasteiger partial charge on any atom is -0.444 e. The molecule has 0 aromatic heterocycles. The molecule has 0 aliphatic heterocycles. The molecule has 0 unspecified atom stereocenters. The molecule has 0 aromatic carbocycles. The first kappa shape index (κ1) is 17.8. The Balaban J connectivity index is 2.69. The van der Waals surface area contributed by atoms with Gasteiger partial charge in [-0.15, -0.1) is 0 Å². The second kappa shape index (κ2) is 7.66. The van der Waals surface area contributed by atoms with Crippen LogP contribution in [0.25, 0.3) is 0 Å². The number of carbonyl (C=O) groups excluding carboxylic acids is 2. The molecule has 0 saturated heterocycles. The average Bonchev–Trinajstić information content (AvgIpc) is 2.50. The van der Waals surface area contributed by atoms with E-state index in [9.17, 15) is 9.59 Å². The van der Waals surface area contributed by atoms with Crippen LogP contribution in [0, 0.1) is 5.92 Å². The lowest BCUT2D eigenvalue weighted by molar-refractivity contribution is -0.126. The van der Waals surface area contributed by atoms with Crippen molar-refractivity contribution >= 4 is 12.0 Å². The van der Waals surface area contributed by atoms with Gasteiger partial charge in [-0.3, -0.25) is 4.79 Å². The standard InChI is InChI=1S/C16H30N2O3/c1-11(2)17-14(19)12-9-7-6-8-10-13(12)18-15(20)21-16(3,4)5/h11-13H,6-10H2,1-5H3,(H,17,19)(H,18,20)/t12-,13+/m0/s1. The lowest BCUT2D eigenvalue weighted by atomic mass is 9.93. The molecular formula is C16H30N2O3. The highest BCUT2D eigenvalue weighted by Crippen LogP contribution is 2.24. The van der Waals surface area contributed by atoms with Crippen molar-refractivity contribution in [2.24, 2.45) is 5.92 Å². The molecule has 2 N–H and O–H groups in total. The van der Waals surface area contributed by atoms with Gasteiger partial charge in [0.2, 0.25) is 5.91 Å². The topological polar surface area (TPSA) is 67.4 Å². The first-order valence-electron chi connectivity index (χ1n) is 7.99. The van der Waals surface area contributed by atoms with Crippen LogP contribution in [-0.4, -0.2) is 29.7 Å². The zero-order valence-electron chi connectivity index (χ0n) is 14.0. The van der Waals surface area contributed by atoms with Crippen molar-refractivity contribution in [1.82, 2.24) is 10.6 Å². The van der Waals surface area contributed by atoms with Crippen molar-refractivity contribution in [3.63, 3.8) is 0 Å². The molecule has 0 bridgehead atoms. The second-order valence-corrected chi connectivity index (χ2v) is 7.16. The first-order chi connectivity index (χ1) is 9.69. The lowest BCUT2D eigenvalue weighted by Crippen LogP contribution is -2.48. The smallest absolute Gasteiger partial charge is 0.407 e. The second-order valence-electron chi connectivity index (χ2n) is 7.16. The summed E-state index contributed by atoms with van der Waals surface area (Å²) in [5.41, 5.74) is -0.523. The van der Waals surface area contributed by atoms with E-state index in [0.29, 0.717) is 0 Å². The maximum Gasteiger partial charge on any atom is 0.407 e. The number of nitrogens with one attached hydrogen (secondary N) is 2. The number of amides is 2. The predicted octanol–water partition coefficient (Wildman–Crippen LogP) is 2.98. The van der Waals surface area contributed by atoms with E-state index in [4.69, 9.17) is 4.74 Å². The van der Waals surface area contributed by atoms with Gasteiger partial charge in [0.25, 0.3) is 0 Å². The zero-order chi connectivity index (χ0) is 16.0. The van der Waals surface area contributed by atoms with Gasteiger partial charge in [-0.1, -0.05) is 19.3 Å². The Bertz CT molecular complexity index is 361. The lowest BCUT2D eigenvalue weighted by Gasteiger charge is -2.28. The van der Waals surface area contributed by atoms with Crippen LogP contribution in [0.2, 0.25) is 0 Å². The predicted molar refractivity (Wildman–Crippen MR) is 83.0 cm³/mol. The van der Waals surface area contributed by atoms with Gasteiger partial charge in [0.05, 0.1) is 5.92 Å². The summed E-state index contributed by atoms with van der Waals surface area (Å²) in [5, 5.41) is 5.86. The van der Waals surface area contributed by atoms with Crippen LogP contribution >= 0.6 is 0 Å². The van der Waals surface area contributed by atoms with E-state index in [1.54, 1.807) is 0 Å². The van der Waals surface area contributed by atoms with Gasteiger partial charge in [-0.05, 0) is 47.5 Å². The van der Waals surface area contributed by atoms with Gasteiger partial charge in [0.1, 0.15) is 5.60 Å². The van der Waals surface area contributed by atoms with E-state index < -0.39 is 11.7 Å². The molecule has 0 radical (unpaired) electrons. The number of rotatable bonds is 3. The fraction of sp³-hybridized carbons (Fsp3) is 0.875. The van der Waals surface area contributed by atoms with Crippen LogP contribution in [0.1, 0.15) is 66.7 Å². The molecule has 21 heavy (non-hydrogen) atoms. The summed E-state index contributed by atoms with van der Waals surface area (Å²) in [4.78, 5) is 24.3. The Kier molecular flexibility index (Phi) is 6.49. The largest absolute Gasteiger partial charge is 0.444 e. The van der Waals surface area contributed by atoms with Crippen molar-refractivity contribution in [2.75, 3.05) is 0 Å². The summed E-state index contributed by atoms with van der Waals surface area (Å²) in [6, 6.07) is -0.0240. The van der Waals surface area contributed by atoms with Crippen LogP contribution in [-0.2, 0) is 9.53 Å². The van der Waals surface area contributed by atoms with Crippen LogP contribution < -0.4 is 10.6 Å². The number of hydrogen-bond donors (Lipinski definition) is 2. The highest BCUT2D eigenvalue weighted by atomic mass is 16.6. The van der Waals surface area contributed by atoms with Gasteiger partial charge in [0, 0.05) is 12.1 Å². The average molecular weight is 298 g/mol. The molecule has 1 fully saturated rings. The van der Waals surface area contributed by atoms with Gasteiger partial charge < -0.3 is 15.4 Å². The fourth-order valence-corrected chi connectivity index (χ4v) is 2.64. The monoisotopic (exact) mass is 298 g/mol. The Morgan fingerprint density at radius 2 is 1.71 bits per heavy atom. The van der Waals surface area contributed by atoms with E-state index >= 15 is 0 Å². The molecular weight excluding hydrogens is 268 g/mol. The third kappa shape index (κ3) is 6.82. The Hall–Kier alpha value is -1.26. The van der Waals surface area contributed by atoms with Crippen molar-refractivity contribution in [1.29, 1.82) is 0 Å². The van der Waals surface area contributed by atoms with Crippen LogP contribution in [0.15, 0.2) is 0 Å². The molecule has 0 heterocycles. The number of carbonyl (C=O) groups is 2. The quantitative estimate of drug-likeness (QED) is 0.787. The summed E-state index contributed by atoms with van der Waals surface area (Å²) in [5.74, 6) is -0.129. The highest BCUT2D eigenvalue weighted by molar-refractivity contribution is 5.80. The molecule has 5 heteroatoms. The SMILES string of the molecule is CC(C)NC(=O)[C@H]1CCCCC[C@H]1NC(=O)OC(C)(C)C. The normalized spacial score (nSPS) is 23.3. The van der Waals surface area contributed by atoms with Gasteiger partial charge in [-0.2, -0.15) is 0 Å². The molecule has 1 aliphatic rings. The molecule has 2 amide bonds. The molecule has 1 saturated carbocycles. The summed E-state index contributed by atoms with van der Waals surface area (Å²) in [6.07, 6.45) is 4.39. The molecule has 0 spiro atoms. The minimum atomic E-state index is -0.523. The highest BCUT2D eigenvalue weighted by Gasteiger charge is 2.32. The zero-order valence-corrected chi connectivity index (χ0v) is 14.0. The fourth-order valence-electron chi connectivity index (χ4n) is 2.64. The van der Waals surface area contributed by atoms with Crippen LogP contribution in [0.4, 0.5) is 4.79 Å². The number of ether oxygens (including phenoxy) is 1. The molecule has 2 atom stereocenters. The Morgan fingerprint density at radius 1 is 1.10 bits per heavy atom. The molecule has 1 aliphatic carbocycles. The Morgan fingerprint density at radius 3 is 2.29 bits per heavy atom. The molecule has 5 nitrogen and oxygen atoms in total. The van der Waals surface area contributed by atoms with Crippen molar-refractivity contribution in [2.45, 2.75) is 84.4 Å². The summed E-state index contributed by atoms with van der Waals surface area (Å²) in [7, 11) is 0. The van der Waals surface area contributed by atoms with Crippen molar-refractivity contribution in [3.05, 3.63) is 0 Å². The molecule has 1 rings (SSSR count). The van der Waals surface area contributed by atoms with Crippen molar-refractivity contribution < 1.29 is 14.3 Å². The van der Waals surface area contributed by atoms with Crippen molar-refractivity contribution in [3.8, 4) is 0 Å². The molecule has 0 aromatic rings. The van der Waals surface area contributed by atoms with Gasteiger partial charge in [-0.25, -0.2) is 4.79 Å². The third-order valence-electron chi connectivity index (χ3n) is 3.49. The van der Waals surface area contributed by atoms with E-state index in [0.717, 1.165) is 32.1 Å². The summed E-state index contributed by atoms with van der Waals surface area (Å²) in [6.45, 7) is 9.41. The first-order valence-corrected chi connectivity index (χ1v) is 7.99. The maximum absolute atomic E-state index is 12.3. The summed E-state index contributed by atoms with van der Waals surface area (Å²) < 4.78 is 5.31. The maximum atomic E-state index is 12.3. The number of alkyl carbamates (subject to hydrolysis) is 1. The van der Waals surface area contributed by atoms with Gasteiger partial charge in [0.15, 0.2) is 0 Å². The summed E-state index contributed by atoms with van der Waals surface area (Å²) >= 11 is 0. The van der Waals surface area contributed by atoms with E-state index in [-0.39, 0.29) is 23.9 Å². The van der Waals surface area contributed by atoms with E-state index in [2.05, 4.69) is 10.6 Å². The third-order valence-corrected chi connectivity index (χ3v) is 3.49. The van der Waals surface area contributed by atoms with Gasteiger partial charge >= 0.3 is 6.09 Å². The number of hydrogen-bond acceptors (Lipinski definition) is 3.